The second-order valence-corrected chi connectivity index (χ2v) is 9.01. The highest BCUT2D eigenvalue weighted by Gasteiger charge is 2.20. The molecule has 0 saturated heterocycles. The zero-order valence-corrected chi connectivity index (χ0v) is 21.3. The highest BCUT2D eigenvalue weighted by molar-refractivity contribution is 5.94. The van der Waals surface area contributed by atoms with E-state index in [9.17, 15) is 9.59 Å². The molecule has 2 N–H and O–H groups in total. The average Bonchev–Trinajstić information content (AvgIpc) is 3.35. The number of carbonyl (C=O) groups is 2. The van der Waals surface area contributed by atoms with Gasteiger partial charge in [0.1, 0.15) is 0 Å². The molecule has 10 heteroatoms. The van der Waals surface area contributed by atoms with Crippen LogP contribution in [0.25, 0.3) is 11.2 Å². The van der Waals surface area contributed by atoms with E-state index in [1.807, 2.05) is 49.5 Å². The van der Waals surface area contributed by atoms with Gasteiger partial charge in [-0.2, -0.15) is 4.98 Å². The van der Waals surface area contributed by atoms with Crippen LogP contribution in [0.15, 0.2) is 67.1 Å². The van der Waals surface area contributed by atoms with Crippen molar-refractivity contribution in [3.05, 3.63) is 89.4 Å². The maximum atomic E-state index is 12.6. The minimum Gasteiger partial charge on any atom is -0.450 e. The van der Waals surface area contributed by atoms with Gasteiger partial charge in [0.15, 0.2) is 5.65 Å². The second-order valence-electron chi connectivity index (χ2n) is 9.01. The van der Waals surface area contributed by atoms with Gasteiger partial charge < -0.3 is 20.3 Å². The van der Waals surface area contributed by atoms with E-state index in [1.54, 1.807) is 40.9 Å². The van der Waals surface area contributed by atoms with Crippen molar-refractivity contribution in [2.24, 2.45) is 0 Å². The second kappa shape index (κ2) is 11.1. The summed E-state index contributed by atoms with van der Waals surface area (Å²) in [7, 11) is 0. The third-order valence-corrected chi connectivity index (χ3v) is 6.23. The van der Waals surface area contributed by atoms with Crippen molar-refractivity contribution in [1.29, 1.82) is 0 Å². The summed E-state index contributed by atoms with van der Waals surface area (Å²) in [6, 6.07) is 13.1. The molecule has 10 nitrogen and oxygen atoms in total. The van der Waals surface area contributed by atoms with Gasteiger partial charge in [-0.1, -0.05) is 12.1 Å². The molecule has 1 aromatic carbocycles. The van der Waals surface area contributed by atoms with Crippen LogP contribution >= 0.6 is 0 Å². The van der Waals surface area contributed by atoms with Crippen molar-refractivity contribution in [2.45, 2.75) is 26.8 Å². The fraction of sp³-hybridized carbons (Fsp3) is 0.250. The molecule has 0 unspecified atom stereocenters. The predicted molar refractivity (Wildman–Crippen MR) is 144 cm³/mol. The Kier molecular flexibility index (Phi) is 7.30. The van der Waals surface area contributed by atoms with Gasteiger partial charge in [0.25, 0.3) is 5.91 Å². The van der Waals surface area contributed by atoms with Crippen molar-refractivity contribution in [1.82, 2.24) is 29.8 Å². The van der Waals surface area contributed by atoms with Crippen LogP contribution in [-0.4, -0.2) is 56.2 Å². The van der Waals surface area contributed by atoms with Crippen molar-refractivity contribution < 1.29 is 14.3 Å². The maximum Gasteiger partial charge on any atom is 0.410 e. The van der Waals surface area contributed by atoms with Gasteiger partial charge in [-0.05, 0) is 73.4 Å². The molecule has 3 aromatic heterocycles. The summed E-state index contributed by atoms with van der Waals surface area (Å²) in [5, 5.41) is 10.7. The number of carbonyl (C=O) groups excluding carboxylic acids is 2. The molecule has 4 heterocycles. The molecule has 0 spiro atoms. The Morgan fingerprint density at radius 1 is 1.13 bits per heavy atom. The lowest BCUT2D eigenvalue weighted by molar-refractivity contribution is 0.0950. The lowest BCUT2D eigenvalue weighted by Crippen LogP contribution is -2.35. The molecule has 5 rings (SSSR count). The van der Waals surface area contributed by atoms with E-state index in [0.717, 1.165) is 33.6 Å². The monoisotopic (exact) mass is 511 g/mol. The Labute approximate surface area is 220 Å². The predicted octanol–water partition coefficient (Wildman–Crippen LogP) is 4.35. The molecule has 0 radical (unpaired) electrons. The molecule has 0 fully saturated rings. The molecular formula is C28H29N7O3. The number of amides is 2. The smallest absolute Gasteiger partial charge is 0.410 e. The molecule has 4 aromatic rings. The zero-order valence-electron chi connectivity index (χ0n) is 21.3. The lowest BCUT2D eigenvalue weighted by atomic mass is 10.0. The van der Waals surface area contributed by atoms with Crippen LogP contribution < -0.4 is 10.6 Å². The Hall–Kier alpha value is -4.73. The number of nitrogens with one attached hydrogen (secondary N) is 2. The van der Waals surface area contributed by atoms with Crippen molar-refractivity contribution in [2.75, 3.05) is 25.0 Å². The van der Waals surface area contributed by atoms with Crippen LogP contribution in [0.3, 0.4) is 0 Å². The van der Waals surface area contributed by atoms with E-state index in [-0.39, 0.29) is 12.0 Å². The number of pyridine rings is 2. The third-order valence-electron chi connectivity index (χ3n) is 6.23. The van der Waals surface area contributed by atoms with E-state index in [0.29, 0.717) is 44.2 Å². The highest BCUT2D eigenvalue weighted by Crippen LogP contribution is 2.26. The van der Waals surface area contributed by atoms with Crippen LogP contribution in [0.1, 0.15) is 40.4 Å². The molecule has 194 valence electrons. The minimum absolute atomic E-state index is 0.157. The van der Waals surface area contributed by atoms with Crippen molar-refractivity contribution in [3.8, 4) is 0 Å². The van der Waals surface area contributed by atoms with E-state index in [2.05, 4.69) is 20.7 Å². The topological polar surface area (TPSA) is 114 Å². The first kappa shape index (κ1) is 24.9. The molecule has 0 aliphatic carbocycles. The standard InChI is InChI=1S/C28H29N7O3/c1-3-38-28(37)34-13-10-21(11-14-34)24-5-4-12-35-25(24)32-27(33-35)31-23-8-6-22(7-9-23)26(36)30-18-20-15-19(2)16-29-17-20/h4-10,12,15-17H,3,11,13-14,18H2,1-2H3,(H,30,36)(H,31,33). The average molecular weight is 512 g/mol. The minimum atomic E-state index is -0.290. The summed E-state index contributed by atoms with van der Waals surface area (Å²) < 4.78 is 6.84. The number of ether oxygens (including phenoxy) is 1. The number of anilines is 2. The molecule has 1 aliphatic rings. The number of rotatable bonds is 7. The van der Waals surface area contributed by atoms with E-state index < -0.39 is 0 Å². The third kappa shape index (κ3) is 5.64. The van der Waals surface area contributed by atoms with Gasteiger partial charge in [0.05, 0.1) is 6.61 Å². The van der Waals surface area contributed by atoms with Crippen molar-refractivity contribution >= 4 is 34.9 Å². The van der Waals surface area contributed by atoms with E-state index in [1.165, 1.54) is 0 Å². The normalized spacial score (nSPS) is 13.2. The van der Waals surface area contributed by atoms with E-state index >= 15 is 0 Å². The SMILES string of the molecule is CCOC(=O)N1CC=C(c2cccn3nc(Nc4ccc(C(=O)NCc5cncc(C)c5)cc4)nc23)CC1. The summed E-state index contributed by atoms with van der Waals surface area (Å²) in [6.07, 6.45) is 7.83. The number of benzene rings is 1. The summed E-state index contributed by atoms with van der Waals surface area (Å²) in [4.78, 5) is 35.1. The highest BCUT2D eigenvalue weighted by atomic mass is 16.6. The fourth-order valence-electron chi connectivity index (χ4n) is 4.34. The molecule has 2 amide bonds. The maximum absolute atomic E-state index is 12.6. The Bertz CT molecular complexity index is 1490. The summed E-state index contributed by atoms with van der Waals surface area (Å²) in [5.41, 5.74) is 6.16. The molecular weight excluding hydrogens is 482 g/mol. The molecule has 38 heavy (non-hydrogen) atoms. The van der Waals surface area contributed by atoms with Crippen molar-refractivity contribution in [3.63, 3.8) is 0 Å². The number of aryl methyl sites for hydroxylation is 1. The first-order valence-electron chi connectivity index (χ1n) is 12.5. The van der Waals surface area contributed by atoms with Gasteiger partial charge in [-0.25, -0.2) is 9.31 Å². The molecule has 0 atom stereocenters. The van der Waals surface area contributed by atoms with Gasteiger partial charge in [0, 0.05) is 55.0 Å². The van der Waals surface area contributed by atoms with Gasteiger partial charge in [-0.15, -0.1) is 5.10 Å². The van der Waals surface area contributed by atoms with Crippen LogP contribution in [0.4, 0.5) is 16.4 Å². The van der Waals surface area contributed by atoms with Crippen LogP contribution in [-0.2, 0) is 11.3 Å². The fourth-order valence-corrected chi connectivity index (χ4v) is 4.34. The quantitative estimate of drug-likeness (QED) is 0.379. The van der Waals surface area contributed by atoms with Crippen LogP contribution in [0, 0.1) is 6.92 Å². The van der Waals surface area contributed by atoms with Crippen LogP contribution in [0.2, 0.25) is 0 Å². The Morgan fingerprint density at radius 3 is 2.71 bits per heavy atom. The number of nitrogens with zero attached hydrogens (tertiary/aromatic N) is 5. The first-order valence-corrected chi connectivity index (χ1v) is 12.5. The van der Waals surface area contributed by atoms with Crippen LogP contribution in [0.5, 0.6) is 0 Å². The number of hydrogen-bond donors (Lipinski definition) is 2. The number of hydrogen-bond acceptors (Lipinski definition) is 7. The Balaban J connectivity index is 1.25. The summed E-state index contributed by atoms with van der Waals surface area (Å²) >= 11 is 0. The lowest BCUT2D eigenvalue weighted by Gasteiger charge is -2.25. The summed E-state index contributed by atoms with van der Waals surface area (Å²) in [6.45, 7) is 5.64. The molecule has 0 bridgehead atoms. The molecule has 0 saturated carbocycles. The zero-order chi connectivity index (χ0) is 26.5. The van der Waals surface area contributed by atoms with E-state index in [4.69, 9.17) is 9.72 Å². The summed E-state index contributed by atoms with van der Waals surface area (Å²) in [5.74, 6) is 0.294. The Morgan fingerprint density at radius 2 is 1.97 bits per heavy atom. The van der Waals surface area contributed by atoms with Gasteiger partial charge >= 0.3 is 6.09 Å². The van der Waals surface area contributed by atoms with Gasteiger partial charge in [0.2, 0.25) is 5.95 Å². The number of fused-ring (bicyclic) bond motifs is 1. The molecule has 1 aliphatic heterocycles. The van der Waals surface area contributed by atoms with Gasteiger partial charge in [-0.3, -0.25) is 9.78 Å². The largest absolute Gasteiger partial charge is 0.450 e. The number of aromatic nitrogens is 4. The first-order chi connectivity index (χ1) is 18.5.